The summed E-state index contributed by atoms with van der Waals surface area (Å²) in [5.74, 6) is -0.106. The number of amides is 3. The maximum Gasteiger partial charge on any atom is 0.243 e. The van der Waals surface area contributed by atoms with Crippen LogP contribution in [0.4, 0.5) is 5.69 Å². The van der Waals surface area contributed by atoms with Crippen molar-refractivity contribution in [3.05, 3.63) is 24.3 Å². The average molecular weight is 533 g/mol. The molecule has 1 N–H and O–H groups in total. The zero-order valence-electron chi connectivity index (χ0n) is 22.4. The van der Waals surface area contributed by atoms with E-state index in [1.807, 2.05) is 20.8 Å². The van der Waals surface area contributed by atoms with Gasteiger partial charge in [-0.15, -0.1) is 0 Å². The Bertz CT molecular complexity index is 1110. The minimum absolute atomic E-state index is 0.00100. The molecule has 3 fully saturated rings. The molecule has 1 unspecified atom stereocenters. The molecule has 0 aromatic heterocycles. The van der Waals surface area contributed by atoms with Crippen LogP contribution in [0.1, 0.15) is 59.8 Å². The number of nitrogens with zero attached hydrogens (tertiary/aromatic N) is 3. The van der Waals surface area contributed by atoms with Crippen LogP contribution < -0.4 is 5.32 Å². The summed E-state index contributed by atoms with van der Waals surface area (Å²) in [5, 5.41) is 2.90. The number of hydrogen-bond donors (Lipinski definition) is 1. The highest BCUT2D eigenvalue weighted by atomic mass is 32.2. The van der Waals surface area contributed by atoms with Gasteiger partial charge in [0.1, 0.15) is 0 Å². The Hall–Kier alpha value is -2.46. The molecule has 0 aliphatic carbocycles. The second-order valence-electron chi connectivity index (χ2n) is 11.8. The number of carbonyl (C=O) groups excluding carboxylic acids is 3. The second-order valence-corrected chi connectivity index (χ2v) is 13.7. The van der Waals surface area contributed by atoms with Crippen molar-refractivity contribution in [3.8, 4) is 0 Å². The van der Waals surface area contributed by atoms with Crippen LogP contribution in [0.25, 0.3) is 0 Å². The molecule has 1 aromatic rings. The highest BCUT2D eigenvalue weighted by Gasteiger charge is 2.41. The standard InChI is InChI=1S/C27H40N4O5S/c1-19-9-15-30(16-10-19)37(35,36)23-7-5-22(6-8-23)28-25(33)20-11-13-29(14-12-20)26(34)21-17-24(32)31(18-21)27(2,3)4/h5-8,19-21H,9-18H2,1-4H3,(H,28,33). The molecule has 10 heteroatoms. The van der Waals surface area contributed by atoms with E-state index in [0.29, 0.717) is 57.2 Å². The normalized spacial score (nSPS) is 22.9. The molecule has 1 atom stereocenters. The lowest BCUT2D eigenvalue weighted by atomic mass is 9.94. The van der Waals surface area contributed by atoms with Crippen LogP contribution in [-0.2, 0) is 24.4 Å². The lowest BCUT2D eigenvalue weighted by Gasteiger charge is -2.34. The third-order valence-corrected chi connectivity index (χ3v) is 9.88. The fourth-order valence-electron chi connectivity index (χ4n) is 5.47. The number of hydrogen-bond acceptors (Lipinski definition) is 5. The molecule has 4 rings (SSSR count). The van der Waals surface area contributed by atoms with Gasteiger partial charge in [0, 0.05) is 56.3 Å². The van der Waals surface area contributed by atoms with E-state index in [-0.39, 0.29) is 46.4 Å². The molecular formula is C27H40N4O5S. The minimum atomic E-state index is -3.53. The molecule has 9 nitrogen and oxygen atoms in total. The van der Waals surface area contributed by atoms with Gasteiger partial charge in [0.25, 0.3) is 0 Å². The van der Waals surface area contributed by atoms with Gasteiger partial charge in [-0.1, -0.05) is 6.92 Å². The van der Waals surface area contributed by atoms with Gasteiger partial charge in [-0.05, 0) is 76.6 Å². The smallest absolute Gasteiger partial charge is 0.243 e. The van der Waals surface area contributed by atoms with Crippen LogP contribution in [0, 0.1) is 17.8 Å². The first-order valence-electron chi connectivity index (χ1n) is 13.4. The first-order chi connectivity index (χ1) is 17.4. The van der Waals surface area contributed by atoms with Crippen LogP contribution in [-0.4, -0.2) is 78.5 Å². The van der Waals surface area contributed by atoms with E-state index in [9.17, 15) is 22.8 Å². The highest BCUT2D eigenvalue weighted by molar-refractivity contribution is 7.89. The summed E-state index contributed by atoms with van der Waals surface area (Å²) < 4.78 is 27.4. The molecule has 3 saturated heterocycles. The van der Waals surface area contributed by atoms with Crippen molar-refractivity contribution >= 4 is 33.4 Å². The third-order valence-electron chi connectivity index (χ3n) is 7.96. The summed E-state index contributed by atoms with van der Waals surface area (Å²) >= 11 is 0. The van der Waals surface area contributed by atoms with Crippen molar-refractivity contribution in [1.82, 2.24) is 14.1 Å². The Labute approximate surface area is 220 Å². The van der Waals surface area contributed by atoms with E-state index < -0.39 is 10.0 Å². The topological polar surface area (TPSA) is 107 Å². The van der Waals surface area contributed by atoms with Crippen molar-refractivity contribution in [1.29, 1.82) is 0 Å². The lowest BCUT2D eigenvalue weighted by Crippen LogP contribution is -2.46. The highest BCUT2D eigenvalue weighted by Crippen LogP contribution is 2.29. The average Bonchev–Trinajstić information content (AvgIpc) is 3.26. The summed E-state index contributed by atoms with van der Waals surface area (Å²) in [6, 6.07) is 6.37. The van der Waals surface area contributed by atoms with Crippen molar-refractivity contribution in [3.63, 3.8) is 0 Å². The van der Waals surface area contributed by atoms with E-state index in [1.54, 1.807) is 34.1 Å². The quantitative estimate of drug-likeness (QED) is 0.628. The van der Waals surface area contributed by atoms with Crippen LogP contribution in [0.2, 0.25) is 0 Å². The molecule has 37 heavy (non-hydrogen) atoms. The number of sulfonamides is 1. The maximum atomic E-state index is 13.0. The summed E-state index contributed by atoms with van der Waals surface area (Å²) in [5.41, 5.74) is 0.257. The monoisotopic (exact) mass is 532 g/mol. The van der Waals surface area contributed by atoms with Gasteiger partial charge in [-0.25, -0.2) is 8.42 Å². The maximum absolute atomic E-state index is 13.0. The molecule has 3 aliphatic heterocycles. The molecule has 0 spiro atoms. The number of nitrogens with one attached hydrogen (secondary N) is 1. The Morgan fingerprint density at radius 1 is 0.919 bits per heavy atom. The molecular weight excluding hydrogens is 492 g/mol. The van der Waals surface area contributed by atoms with Crippen molar-refractivity contribution < 1.29 is 22.8 Å². The predicted octanol–water partition coefficient (Wildman–Crippen LogP) is 2.93. The number of carbonyl (C=O) groups is 3. The molecule has 0 radical (unpaired) electrons. The van der Waals surface area contributed by atoms with Crippen molar-refractivity contribution in [2.45, 2.75) is 70.2 Å². The van der Waals surface area contributed by atoms with Gasteiger partial charge in [-0.3, -0.25) is 14.4 Å². The number of benzene rings is 1. The molecule has 204 valence electrons. The molecule has 0 bridgehead atoms. The van der Waals surface area contributed by atoms with Crippen molar-refractivity contribution in [2.75, 3.05) is 38.0 Å². The van der Waals surface area contributed by atoms with Crippen molar-refractivity contribution in [2.24, 2.45) is 17.8 Å². The summed E-state index contributed by atoms with van der Waals surface area (Å²) in [6.45, 7) is 10.6. The Balaban J connectivity index is 1.27. The molecule has 1 aromatic carbocycles. The predicted molar refractivity (Wildman–Crippen MR) is 141 cm³/mol. The third kappa shape index (κ3) is 6.17. The van der Waals surface area contributed by atoms with E-state index in [1.165, 1.54) is 4.31 Å². The second kappa shape index (κ2) is 10.7. The molecule has 3 aliphatic rings. The number of likely N-dealkylation sites (tertiary alicyclic amines) is 2. The molecule has 3 amide bonds. The minimum Gasteiger partial charge on any atom is -0.342 e. The Morgan fingerprint density at radius 3 is 2.05 bits per heavy atom. The van der Waals surface area contributed by atoms with Gasteiger partial charge >= 0.3 is 0 Å². The number of piperidine rings is 2. The van der Waals surface area contributed by atoms with Gasteiger partial charge in [0.15, 0.2) is 0 Å². The van der Waals surface area contributed by atoms with E-state index in [0.717, 1.165) is 12.8 Å². The fraction of sp³-hybridized carbons (Fsp3) is 0.667. The SMILES string of the molecule is CC1CCN(S(=O)(=O)c2ccc(NC(=O)C3CCN(C(=O)C4CC(=O)N(C(C)(C)C)C4)CC3)cc2)CC1. The first-order valence-corrected chi connectivity index (χ1v) is 14.8. The van der Waals surface area contributed by atoms with Crippen LogP contribution in [0.5, 0.6) is 0 Å². The van der Waals surface area contributed by atoms with Crippen LogP contribution in [0.3, 0.4) is 0 Å². The zero-order chi connectivity index (χ0) is 27.0. The van der Waals surface area contributed by atoms with Crippen LogP contribution >= 0.6 is 0 Å². The van der Waals surface area contributed by atoms with Gasteiger partial charge < -0.3 is 15.1 Å². The van der Waals surface area contributed by atoms with Gasteiger partial charge in [0.2, 0.25) is 27.7 Å². The lowest BCUT2D eigenvalue weighted by molar-refractivity contribution is -0.138. The van der Waals surface area contributed by atoms with E-state index in [2.05, 4.69) is 12.2 Å². The zero-order valence-corrected chi connectivity index (χ0v) is 23.2. The largest absolute Gasteiger partial charge is 0.342 e. The number of rotatable bonds is 5. The van der Waals surface area contributed by atoms with Gasteiger partial charge in [-0.2, -0.15) is 4.31 Å². The summed E-state index contributed by atoms with van der Waals surface area (Å²) in [6.07, 6.45) is 3.10. The first kappa shape index (κ1) is 27.6. The molecule has 3 heterocycles. The van der Waals surface area contributed by atoms with Crippen LogP contribution in [0.15, 0.2) is 29.2 Å². The van der Waals surface area contributed by atoms with Gasteiger partial charge in [0.05, 0.1) is 10.8 Å². The van der Waals surface area contributed by atoms with E-state index in [4.69, 9.17) is 0 Å². The Kier molecular flexibility index (Phi) is 7.99. The fourth-order valence-corrected chi connectivity index (χ4v) is 6.94. The summed E-state index contributed by atoms with van der Waals surface area (Å²) in [7, 11) is -3.53. The van der Waals surface area contributed by atoms with E-state index >= 15 is 0 Å². The Morgan fingerprint density at radius 2 is 1.51 bits per heavy atom. The summed E-state index contributed by atoms with van der Waals surface area (Å²) in [4.78, 5) is 42.1. The number of anilines is 1. The molecule has 0 saturated carbocycles.